The van der Waals surface area contributed by atoms with Crippen molar-refractivity contribution in [1.29, 1.82) is 0 Å². The maximum absolute atomic E-state index is 12.7. The van der Waals surface area contributed by atoms with Crippen LogP contribution in [-0.2, 0) is 0 Å². The van der Waals surface area contributed by atoms with Crippen LogP contribution in [0.15, 0.2) is 45.6 Å². The number of hydrogen-bond donors (Lipinski definition) is 2. The molecule has 5 nitrogen and oxygen atoms in total. The van der Waals surface area contributed by atoms with E-state index in [0.29, 0.717) is 33.3 Å². The molecular formula is C18H16O5. The van der Waals surface area contributed by atoms with Gasteiger partial charge in [0.25, 0.3) is 0 Å². The smallest absolute Gasteiger partial charge is 0.200 e. The van der Waals surface area contributed by atoms with Gasteiger partial charge in [-0.2, -0.15) is 0 Å². The topological polar surface area (TPSA) is 79.9 Å². The number of hydrogen-bond acceptors (Lipinski definition) is 5. The van der Waals surface area contributed by atoms with Crippen LogP contribution < -0.4 is 10.2 Å². The molecule has 0 amide bonds. The van der Waals surface area contributed by atoms with Crippen molar-refractivity contribution in [3.8, 4) is 5.75 Å². The minimum Gasteiger partial charge on any atom is -0.481 e. The molecule has 0 aliphatic carbocycles. The molecule has 2 heterocycles. The quantitative estimate of drug-likeness (QED) is 0.624. The standard InChI is InChI=1S/C18H16O5/c1-18(2)17(21)14(20)11-8-7-10-13(19)9-5-3-4-6-12(9)22-15(10)16(11)23-18/h3-8,14,17,20-21H,1-2H3/t14-,17-/m0/s1. The first-order valence-corrected chi connectivity index (χ1v) is 7.44. The van der Waals surface area contributed by atoms with Crippen LogP contribution in [0, 0.1) is 0 Å². The van der Waals surface area contributed by atoms with Crippen LogP contribution in [0.3, 0.4) is 0 Å². The fraction of sp³-hybridized carbons (Fsp3) is 0.278. The molecule has 5 heteroatoms. The molecular weight excluding hydrogens is 296 g/mol. The predicted molar refractivity (Wildman–Crippen MR) is 85.7 cm³/mol. The van der Waals surface area contributed by atoms with Gasteiger partial charge < -0.3 is 19.4 Å². The van der Waals surface area contributed by atoms with Crippen LogP contribution in [0.5, 0.6) is 5.75 Å². The van der Waals surface area contributed by atoms with Crippen LogP contribution in [-0.4, -0.2) is 21.9 Å². The maximum atomic E-state index is 12.7. The number of rotatable bonds is 0. The Bertz CT molecular complexity index is 986. The summed E-state index contributed by atoms with van der Waals surface area (Å²) in [6.45, 7) is 3.36. The zero-order valence-corrected chi connectivity index (χ0v) is 12.7. The van der Waals surface area contributed by atoms with Crippen LogP contribution in [0.4, 0.5) is 0 Å². The fourth-order valence-electron chi connectivity index (χ4n) is 3.07. The monoisotopic (exact) mass is 312 g/mol. The molecule has 0 fully saturated rings. The third kappa shape index (κ3) is 1.90. The summed E-state index contributed by atoms with van der Waals surface area (Å²) in [5.41, 5.74) is 0.0327. The average molecular weight is 312 g/mol. The Morgan fingerprint density at radius 1 is 1.04 bits per heavy atom. The Balaban J connectivity index is 2.12. The Labute approximate surface area is 131 Å². The molecule has 1 aliphatic heterocycles. The highest BCUT2D eigenvalue weighted by atomic mass is 16.5. The van der Waals surface area contributed by atoms with E-state index in [1.165, 1.54) is 0 Å². The summed E-state index contributed by atoms with van der Waals surface area (Å²) in [6, 6.07) is 10.2. The minimum atomic E-state index is -1.10. The second-order valence-electron chi connectivity index (χ2n) is 6.38. The molecule has 0 unspecified atom stereocenters. The van der Waals surface area contributed by atoms with Gasteiger partial charge in [-0.3, -0.25) is 4.79 Å². The third-order valence-corrected chi connectivity index (χ3v) is 4.43. The molecule has 1 aliphatic rings. The number of ether oxygens (including phenoxy) is 1. The molecule has 2 aromatic carbocycles. The van der Waals surface area contributed by atoms with Gasteiger partial charge >= 0.3 is 0 Å². The highest BCUT2D eigenvalue weighted by Crippen LogP contribution is 2.43. The normalized spacial score (nSPS) is 22.8. The predicted octanol–water partition coefficient (Wildman–Crippen LogP) is 2.51. The Morgan fingerprint density at radius 3 is 2.57 bits per heavy atom. The Morgan fingerprint density at radius 2 is 1.78 bits per heavy atom. The summed E-state index contributed by atoms with van der Waals surface area (Å²) in [6.07, 6.45) is -2.17. The van der Waals surface area contributed by atoms with Gasteiger partial charge in [0.05, 0.1) is 10.8 Å². The number of aliphatic hydroxyl groups is 2. The van der Waals surface area contributed by atoms with Gasteiger partial charge in [-0.15, -0.1) is 0 Å². The number of fused-ring (bicyclic) bond motifs is 4. The van der Waals surface area contributed by atoms with Gasteiger partial charge in [0.1, 0.15) is 23.4 Å². The molecule has 2 atom stereocenters. The van der Waals surface area contributed by atoms with Crippen LogP contribution in [0.25, 0.3) is 21.9 Å². The summed E-state index contributed by atoms with van der Waals surface area (Å²) in [4.78, 5) is 12.7. The first-order valence-electron chi connectivity index (χ1n) is 7.44. The van der Waals surface area contributed by atoms with E-state index < -0.39 is 17.8 Å². The summed E-state index contributed by atoms with van der Waals surface area (Å²) in [5.74, 6) is 0.313. The average Bonchev–Trinajstić information content (AvgIpc) is 2.53. The number of aliphatic hydroxyl groups excluding tert-OH is 2. The van der Waals surface area contributed by atoms with E-state index in [9.17, 15) is 15.0 Å². The van der Waals surface area contributed by atoms with Gasteiger partial charge in [-0.25, -0.2) is 0 Å². The molecule has 0 radical (unpaired) electrons. The van der Waals surface area contributed by atoms with Gasteiger partial charge in [-0.1, -0.05) is 18.2 Å². The Kier molecular flexibility index (Phi) is 2.83. The van der Waals surface area contributed by atoms with E-state index in [1.807, 2.05) is 0 Å². The zero-order valence-electron chi connectivity index (χ0n) is 12.7. The van der Waals surface area contributed by atoms with Crippen molar-refractivity contribution in [3.63, 3.8) is 0 Å². The van der Waals surface area contributed by atoms with E-state index in [-0.39, 0.29) is 5.43 Å². The first-order chi connectivity index (χ1) is 10.9. The molecule has 23 heavy (non-hydrogen) atoms. The maximum Gasteiger partial charge on any atom is 0.200 e. The van der Waals surface area contributed by atoms with Crippen molar-refractivity contribution in [3.05, 3.63) is 52.2 Å². The minimum absolute atomic E-state index is 0.147. The number of benzene rings is 2. The van der Waals surface area contributed by atoms with Crippen LogP contribution in [0.2, 0.25) is 0 Å². The summed E-state index contributed by atoms with van der Waals surface area (Å²) < 4.78 is 11.8. The molecule has 1 aromatic heterocycles. The molecule has 3 aromatic rings. The lowest BCUT2D eigenvalue weighted by molar-refractivity contribution is -0.111. The Hall–Kier alpha value is -2.37. The van der Waals surface area contributed by atoms with E-state index >= 15 is 0 Å². The van der Waals surface area contributed by atoms with Gasteiger partial charge in [0, 0.05) is 5.56 Å². The lowest BCUT2D eigenvalue weighted by Crippen LogP contribution is -2.48. The van der Waals surface area contributed by atoms with Gasteiger partial charge in [0.2, 0.25) is 5.43 Å². The van der Waals surface area contributed by atoms with E-state index in [4.69, 9.17) is 9.15 Å². The number of para-hydroxylation sites is 1. The van der Waals surface area contributed by atoms with Crippen molar-refractivity contribution >= 4 is 21.9 Å². The molecule has 0 spiro atoms. The van der Waals surface area contributed by atoms with Crippen molar-refractivity contribution in [2.24, 2.45) is 0 Å². The second-order valence-corrected chi connectivity index (χ2v) is 6.38. The molecule has 118 valence electrons. The molecule has 4 rings (SSSR count). The molecule has 2 N–H and O–H groups in total. The van der Waals surface area contributed by atoms with Crippen molar-refractivity contribution in [2.75, 3.05) is 0 Å². The highest BCUT2D eigenvalue weighted by molar-refractivity contribution is 5.93. The largest absolute Gasteiger partial charge is 0.481 e. The van der Waals surface area contributed by atoms with Crippen molar-refractivity contribution < 1.29 is 19.4 Å². The zero-order chi connectivity index (χ0) is 16.4. The first kappa shape index (κ1) is 14.2. The fourth-order valence-corrected chi connectivity index (χ4v) is 3.07. The lowest BCUT2D eigenvalue weighted by Gasteiger charge is -2.39. The van der Waals surface area contributed by atoms with Crippen molar-refractivity contribution in [1.82, 2.24) is 0 Å². The lowest BCUT2D eigenvalue weighted by atomic mass is 9.88. The SMILES string of the molecule is CC1(C)Oc2c(ccc3c(=O)c4ccccc4oc23)[C@H](O)[C@@H]1O. The second kappa shape index (κ2) is 4.57. The highest BCUT2D eigenvalue weighted by Gasteiger charge is 2.43. The van der Waals surface area contributed by atoms with E-state index in [0.717, 1.165) is 0 Å². The molecule has 0 saturated carbocycles. The van der Waals surface area contributed by atoms with Crippen molar-refractivity contribution in [2.45, 2.75) is 31.7 Å². The molecule has 0 bridgehead atoms. The van der Waals surface area contributed by atoms with Crippen LogP contribution >= 0.6 is 0 Å². The van der Waals surface area contributed by atoms with Gasteiger partial charge in [-0.05, 0) is 32.0 Å². The van der Waals surface area contributed by atoms with E-state index in [1.54, 1.807) is 50.2 Å². The summed E-state index contributed by atoms with van der Waals surface area (Å²) in [7, 11) is 0. The summed E-state index contributed by atoms with van der Waals surface area (Å²) in [5, 5.41) is 21.4. The van der Waals surface area contributed by atoms with Gasteiger partial charge in [0.15, 0.2) is 11.3 Å². The van der Waals surface area contributed by atoms with E-state index in [2.05, 4.69) is 0 Å². The molecule has 0 saturated heterocycles. The van der Waals surface area contributed by atoms with Crippen LogP contribution in [0.1, 0.15) is 25.5 Å². The third-order valence-electron chi connectivity index (χ3n) is 4.43. The summed E-state index contributed by atoms with van der Waals surface area (Å²) >= 11 is 0.